The molecule has 2 N–H and O–H groups in total. The fourth-order valence-corrected chi connectivity index (χ4v) is 5.19. The Hall–Kier alpha value is -1.52. The molecule has 2 saturated carbocycles. The van der Waals surface area contributed by atoms with Gasteiger partial charge in [0.1, 0.15) is 11.5 Å². The number of aliphatic hydroxyl groups excluding tert-OH is 2. The van der Waals surface area contributed by atoms with Crippen LogP contribution < -0.4 is 0 Å². The van der Waals surface area contributed by atoms with E-state index >= 15 is 0 Å². The average Bonchev–Trinajstić information content (AvgIpc) is 3.42. The molecule has 30 heavy (non-hydrogen) atoms. The molecule has 1 aromatic heterocycles. The Bertz CT molecular complexity index is 875. The van der Waals surface area contributed by atoms with Gasteiger partial charge < -0.3 is 14.6 Å². The van der Waals surface area contributed by atoms with Crippen molar-refractivity contribution in [2.45, 2.75) is 51.7 Å². The van der Waals surface area contributed by atoms with Crippen molar-refractivity contribution >= 4 is 11.1 Å². The Kier molecular flexibility index (Phi) is 7.86. The molecule has 0 amide bonds. The van der Waals surface area contributed by atoms with Gasteiger partial charge >= 0.3 is 0 Å². The normalized spacial score (nSPS) is 29.7. The smallest absolute Gasteiger partial charge is 0.141 e. The molecule has 3 aromatic rings. The molecule has 5 rings (SSSR count). The molecule has 0 spiro atoms. The third-order valence-electron chi connectivity index (χ3n) is 6.79. The van der Waals surface area contributed by atoms with Gasteiger partial charge in [-0.2, -0.15) is 0 Å². The summed E-state index contributed by atoms with van der Waals surface area (Å²) in [6.45, 7) is 4.28. The molecule has 4 nitrogen and oxygen atoms in total. The first-order valence-electron chi connectivity index (χ1n) is 10.8. The number of para-hydroxylation sites is 2. The molecule has 5 heteroatoms. The van der Waals surface area contributed by atoms with Crippen LogP contribution in [0.2, 0.25) is 0 Å². The quantitative estimate of drug-likeness (QED) is 0.421. The Balaban J connectivity index is 0.000000166. The molecule has 2 unspecified atom stereocenters. The molecule has 2 aliphatic carbocycles. The first kappa shape index (κ1) is 23.1. The van der Waals surface area contributed by atoms with Gasteiger partial charge in [0.15, 0.2) is 0 Å². The Morgan fingerprint density at radius 3 is 2.13 bits per heavy atom. The maximum atomic E-state index is 10.1. The van der Waals surface area contributed by atoms with Gasteiger partial charge in [-0.3, -0.25) is 4.98 Å². The van der Waals surface area contributed by atoms with Gasteiger partial charge in [0, 0.05) is 26.0 Å². The number of oxazole rings is 1. The van der Waals surface area contributed by atoms with Crippen molar-refractivity contribution in [3.63, 3.8) is 0 Å². The van der Waals surface area contributed by atoms with Crippen LogP contribution in [0.5, 0.6) is 0 Å². The number of hydrogen-bond donors (Lipinski definition) is 2. The Morgan fingerprint density at radius 2 is 1.60 bits per heavy atom. The van der Waals surface area contributed by atoms with Gasteiger partial charge in [0.25, 0.3) is 0 Å². The van der Waals surface area contributed by atoms with Gasteiger partial charge in [-0.15, -0.1) is 30.3 Å². The van der Waals surface area contributed by atoms with Crippen molar-refractivity contribution in [3.05, 3.63) is 54.6 Å². The van der Waals surface area contributed by atoms with Gasteiger partial charge in [0.2, 0.25) is 0 Å². The molecule has 2 aromatic carbocycles. The topological polar surface area (TPSA) is 66.5 Å². The van der Waals surface area contributed by atoms with E-state index in [2.05, 4.69) is 24.9 Å². The molecule has 2 fully saturated rings. The van der Waals surface area contributed by atoms with Gasteiger partial charge in [-0.25, -0.2) is 0 Å². The summed E-state index contributed by atoms with van der Waals surface area (Å²) in [4.78, 5) is 4.39. The maximum absolute atomic E-state index is 10.1. The average molecular weight is 585 g/mol. The summed E-state index contributed by atoms with van der Waals surface area (Å²) < 4.78 is 5.61. The largest absolute Gasteiger partial charge is 0.481 e. The molecule has 0 bridgehead atoms. The molecule has 0 aliphatic heterocycles. The SMILES string of the molecule is CC[C@H]1CC2C[C@H](CC)C(O)C2C1O.[Ir].[c-]1ccccc1-c1nc2ccccc2o1. The monoisotopic (exact) mass is 585 g/mol. The van der Waals surface area contributed by atoms with E-state index in [1.807, 2.05) is 48.5 Å². The van der Waals surface area contributed by atoms with E-state index in [4.69, 9.17) is 4.42 Å². The third-order valence-corrected chi connectivity index (χ3v) is 6.79. The molecular weight excluding hydrogens is 554 g/mol. The van der Waals surface area contributed by atoms with Crippen LogP contribution in [0.25, 0.3) is 22.6 Å². The van der Waals surface area contributed by atoms with E-state index in [0.717, 1.165) is 42.3 Å². The minimum atomic E-state index is -0.239. The van der Waals surface area contributed by atoms with E-state index in [-0.39, 0.29) is 38.2 Å². The zero-order valence-corrected chi connectivity index (χ0v) is 19.9. The minimum Gasteiger partial charge on any atom is -0.481 e. The predicted molar refractivity (Wildman–Crippen MR) is 114 cm³/mol. The van der Waals surface area contributed by atoms with Crippen LogP contribution in [-0.4, -0.2) is 27.4 Å². The van der Waals surface area contributed by atoms with Crippen molar-refractivity contribution in [1.82, 2.24) is 4.98 Å². The van der Waals surface area contributed by atoms with Crippen molar-refractivity contribution in [2.75, 3.05) is 0 Å². The van der Waals surface area contributed by atoms with Crippen molar-refractivity contribution in [1.29, 1.82) is 0 Å². The summed E-state index contributed by atoms with van der Waals surface area (Å²) in [6, 6.07) is 18.5. The van der Waals surface area contributed by atoms with Gasteiger partial charge in [-0.1, -0.05) is 44.4 Å². The fourth-order valence-electron chi connectivity index (χ4n) is 5.19. The van der Waals surface area contributed by atoms with E-state index in [9.17, 15) is 10.2 Å². The second-order valence-corrected chi connectivity index (χ2v) is 8.39. The summed E-state index contributed by atoms with van der Waals surface area (Å²) in [7, 11) is 0. The number of nitrogens with zero attached hydrogens (tertiary/aromatic N) is 1. The zero-order chi connectivity index (χ0) is 20.4. The van der Waals surface area contributed by atoms with Crippen molar-refractivity contribution < 1.29 is 34.7 Å². The zero-order valence-electron chi connectivity index (χ0n) is 17.5. The summed E-state index contributed by atoms with van der Waals surface area (Å²) in [5.74, 6) is 2.28. The van der Waals surface area contributed by atoms with E-state index in [1.54, 1.807) is 0 Å². The van der Waals surface area contributed by atoms with Crippen LogP contribution in [0.1, 0.15) is 39.5 Å². The summed E-state index contributed by atoms with van der Waals surface area (Å²) in [5.41, 5.74) is 2.57. The number of benzene rings is 2. The Labute approximate surface area is 192 Å². The van der Waals surface area contributed by atoms with Crippen LogP contribution in [0, 0.1) is 29.7 Å². The van der Waals surface area contributed by atoms with Gasteiger partial charge in [0.05, 0.1) is 17.7 Å². The van der Waals surface area contributed by atoms with Gasteiger partial charge in [-0.05, 0) is 42.7 Å². The molecular formula is C25H30IrNO3-. The molecule has 2 aliphatic rings. The van der Waals surface area contributed by atoms with Crippen LogP contribution in [0.3, 0.4) is 0 Å². The third kappa shape index (κ3) is 4.55. The standard InChI is InChI=1S/C13H8NO.C12H22O2.Ir/c1-2-6-10(7-3-1)13-14-11-8-4-5-9-12(11)15-13;1-3-7-5-9-6-8(4-2)12(14)10(9)11(7)13;/h1-6,8-9H;7-14H,3-6H2,1-2H3;/q-1;;/t;7-,8-,9?,10?,11?,12?;/m.0./s1. The first-order valence-corrected chi connectivity index (χ1v) is 10.8. The summed E-state index contributed by atoms with van der Waals surface area (Å²) in [6.07, 6.45) is 3.90. The molecule has 4 atom stereocenters. The number of aromatic nitrogens is 1. The molecule has 1 radical (unpaired) electrons. The number of fused-ring (bicyclic) bond motifs is 2. The maximum Gasteiger partial charge on any atom is 0.141 e. The van der Waals surface area contributed by atoms with Crippen LogP contribution in [-0.2, 0) is 20.1 Å². The minimum absolute atomic E-state index is 0. The van der Waals surface area contributed by atoms with E-state index in [0.29, 0.717) is 23.6 Å². The Morgan fingerprint density at radius 1 is 0.967 bits per heavy atom. The second-order valence-electron chi connectivity index (χ2n) is 8.39. The molecule has 163 valence electrons. The predicted octanol–water partition coefficient (Wildman–Crippen LogP) is 5.09. The number of rotatable bonds is 3. The fraction of sp³-hybridized carbons (Fsp3) is 0.480. The van der Waals surface area contributed by atoms with Crippen molar-refractivity contribution in [2.24, 2.45) is 23.7 Å². The first-order chi connectivity index (χ1) is 14.1. The van der Waals surface area contributed by atoms with Crippen LogP contribution >= 0.6 is 0 Å². The van der Waals surface area contributed by atoms with E-state index < -0.39 is 0 Å². The second kappa shape index (κ2) is 10.2. The number of aliphatic hydroxyl groups is 2. The summed E-state index contributed by atoms with van der Waals surface area (Å²) in [5, 5.41) is 20.2. The summed E-state index contributed by atoms with van der Waals surface area (Å²) >= 11 is 0. The van der Waals surface area contributed by atoms with Crippen molar-refractivity contribution in [3.8, 4) is 11.5 Å². The number of hydrogen-bond acceptors (Lipinski definition) is 4. The molecule has 0 saturated heterocycles. The van der Waals surface area contributed by atoms with Crippen LogP contribution in [0.15, 0.2) is 52.9 Å². The van der Waals surface area contributed by atoms with Crippen LogP contribution in [0.4, 0.5) is 0 Å². The van der Waals surface area contributed by atoms with E-state index in [1.165, 1.54) is 0 Å². The molecule has 1 heterocycles.